The van der Waals surface area contributed by atoms with Crippen molar-refractivity contribution in [3.05, 3.63) is 41.0 Å². The van der Waals surface area contributed by atoms with E-state index in [4.69, 9.17) is 11.6 Å². The van der Waals surface area contributed by atoms with Gasteiger partial charge in [-0.2, -0.15) is 5.10 Å². The van der Waals surface area contributed by atoms with Gasteiger partial charge in [-0.15, -0.1) is 0 Å². The van der Waals surface area contributed by atoms with Crippen LogP contribution in [0.2, 0.25) is 5.02 Å². The number of carboxylic acids is 1. The summed E-state index contributed by atoms with van der Waals surface area (Å²) in [4.78, 5) is 26.4. The molecule has 136 valence electrons. The molecule has 4 rings (SSSR count). The van der Waals surface area contributed by atoms with Gasteiger partial charge in [0.1, 0.15) is 11.7 Å². The molecule has 1 saturated heterocycles. The molecule has 1 aromatic carbocycles. The van der Waals surface area contributed by atoms with Gasteiger partial charge in [0, 0.05) is 11.6 Å². The third-order valence-corrected chi connectivity index (χ3v) is 5.90. The van der Waals surface area contributed by atoms with Crippen molar-refractivity contribution >= 4 is 23.5 Å². The lowest BCUT2D eigenvalue weighted by molar-refractivity contribution is -0.141. The minimum Gasteiger partial charge on any atom is -0.480 e. The van der Waals surface area contributed by atoms with Crippen molar-refractivity contribution in [1.82, 2.24) is 15.1 Å². The Bertz CT molecular complexity index is 850. The minimum atomic E-state index is -0.932. The van der Waals surface area contributed by atoms with Gasteiger partial charge < -0.3 is 10.0 Å². The average molecular weight is 374 g/mol. The maximum atomic E-state index is 13.1. The number of rotatable bonds is 3. The second kappa shape index (κ2) is 6.76. The highest BCUT2D eigenvalue weighted by Gasteiger charge is 2.48. The number of aromatic amines is 1. The molecule has 3 atom stereocenters. The van der Waals surface area contributed by atoms with Crippen molar-refractivity contribution in [3.8, 4) is 11.3 Å². The fraction of sp³-hybridized carbons (Fsp3) is 0.421. The number of halogens is 1. The van der Waals surface area contributed by atoms with Gasteiger partial charge in [-0.25, -0.2) is 4.79 Å². The molecule has 0 radical (unpaired) electrons. The second-order valence-electron chi connectivity index (χ2n) is 7.06. The maximum absolute atomic E-state index is 13.1. The number of benzene rings is 1. The molecule has 2 aliphatic rings. The Labute approximate surface area is 156 Å². The summed E-state index contributed by atoms with van der Waals surface area (Å²) in [5.41, 5.74) is 1.61. The predicted molar refractivity (Wildman–Crippen MR) is 97.0 cm³/mol. The fourth-order valence-corrected chi connectivity index (χ4v) is 4.58. The smallest absolute Gasteiger partial charge is 0.326 e. The van der Waals surface area contributed by atoms with Crippen LogP contribution in [-0.4, -0.2) is 44.2 Å². The number of carbonyl (C=O) groups is 2. The van der Waals surface area contributed by atoms with Crippen LogP contribution in [0, 0.1) is 5.92 Å². The lowest BCUT2D eigenvalue weighted by Crippen LogP contribution is -2.46. The fourth-order valence-electron chi connectivity index (χ4n) is 4.35. The molecule has 1 saturated carbocycles. The highest BCUT2D eigenvalue weighted by Crippen LogP contribution is 2.40. The molecule has 7 heteroatoms. The molecule has 1 amide bonds. The number of aromatic nitrogens is 2. The van der Waals surface area contributed by atoms with Crippen molar-refractivity contribution in [3.63, 3.8) is 0 Å². The van der Waals surface area contributed by atoms with E-state index in [1.807, 2.05) is 18.2 Å². The summed E-state index contributed by atoms with van der Waals surface area (Å²) in [5, 5.41) is 17.1. The number of nitrogens with zero attached hydrogens (tertiary/aromatic N) is 2. The van der Waals surface area contributed by atoms with Crippen LogP contribution in [0.4, 0.5) is 0 Å². The zero-order chi connectivity index (χ0) is 18.3. The van der Waals surface area contributed by atoms with Gasteiger partial charge in [0.15, 0.2) is 0 Å². The molecule has 2 N–H and O–H groups in total. The van der Waals surface area contributed by atoms with Crippen molar-refractivity contribution < 1.29 is 14.7 Å². The van der Waals surface area contributed by atoms with Crippen LogP contribution in [0.5, 0.6) is 0 Å². The first kappa shape index (κ1) is 17.1. The van der Waals surface area contributed by atoms with E-state index in [0.29, 0.717) is 22.8 Å². The third kappa shape index (κ3) is 2.88. The molecule has 26 heavy (non-hydrogen) atoms. The maximum Gasteiger partial charge on any atom is 0.326 e. The standard InChI is InChI=1S/C19H20ClN3O3/c20-13-7-3-2-6-12(13)14-10-15(22-21-14)18(24)23-16-8-4-1-5-11(16)9-17(23)19(25)26/h2-3,6-7,10-11,16-17H,1,4-5,8-9H2,(H,21,22)(H,25,26). The summed E-state index contributed by atoms with van der Waals surface area (Å²) in [5.74, 6) is -0.948. The van der Waals surface area contributed by atoms with Gasteiger partial charge >= 0.3 is 5.97 Å². The van der Waals surface area contributed by atoms with E-state index in [9.17, 15) is 14.7 Å². The number of nitrogens with one attached hydrogen (secondary N) is 1. The number of likely N-dealkylation sites (tertiary alicyclic amines) is 1. The number of carbonyl (C=O) groups excluding carboxylic acids is 1. The average Bonchev–Trinajstić information content (AvgIpc) is 3.26. The molecular formula is C19H20ClN3O3. The summed E-state index contributed by atoms with van der Waals surface area (Å²) in [6.07, 6.45) is 4.54. The van der Waals surface area contributed by atoms with Crippen molar-refractivity contribution in [2.24, 2.45) is 5.92 Å². The number of H-pyrrole nitrogens is 1. The Hall–Kier alpha value is -2.34. The first-order chi connectivity index (χ1) is 12.6. The highest BCUT2D eigenvalue weighted by atomic mass is 35.5. The van der Waals surface area contributed by atoms with E-state index in [1.54, 1.807) is 17.0 Å². The van der Waals surface area contributed by atoms with Gasteiger partial charge in [-0.3, -0.25) is 9.89 Å². The van der Waals surface area contributed by atoms with Gasteiger partial charge in [-0.05, 0) is 37.3 Å². The Morgan fingerprint density at radius 3 is 2.77 bits per heavy atom. The van der Waals surface area contributed by atoms with E-state index in [2.05, 4.69) is 10.2 Å². The quantitative estimate of drug-likeness (QED) is 0.860. The van der Waals surface area contributed by atoms with Crippen LogP contribution in [0.25, 0.3) is 11.3 Å². The molecular weight excluding hydrogens is 354 g/mol. The van der Waals surface area contributed by atoms with Crippen LogP contribution in [0.1, 0.15) is 42.6 Å². The summed E-state index contributed by atoms with van der Waals surface area (Å²) < 4.78 is 0. The lowest BCUT2D eigenvalue weighted by Gasteiger charge is -2.32. The van der Waals surface area contributed by atoms with Crippen molar-refractivity contribution in [2.75, 3.05) is 0 Å². The van der Waals surface area contributed by atoms with E-state index in [0.717, 1.165) is 31.2 Å². The van der Waals surface area contributed by atoms with Gasteiger partial charge in [-0.1, -0.05) is 42.6 Å². The summed E-state index contributed by atoms with van der Waals surface area (Å²) >= 11 is 6.20. The predicted octanol–water partition coefficient (Wildman–Crippen LogP) is 3.59. The zero-order valence-electron chi connectivity index (χ0n) is 14.2. The molecule has 2 fully saturated rings. The number of amides is 1. The van der Waals surface area contributed by atoms with E-state index >= 15 is 0 Å². The largest absolute Gasteiger partial charge is 0.480 e. The highest BCUT2D eigenvalue weighted by molar-refractivity contribution is 6.33. The minimum absolute atomic E-state index is 0.00409. The molecule has 1 aromatic heterocycles. The molecule has 1 aliphatic heterocycles. The van der Waals surface area contributed by atoms with Crippen LogP contribution in [0.3, 0.4) is 0 Å². The van der Waals surface area contributed by atoms with E-state index in [1.165, 1.54) is 0 Å². The summed E-state index contributed by atoms with van der Waals surface area (Å²) in [6, 6.07) is 8.17. The monoisotopic (exact) mass is 373 g/mol. The number of hydrogen-bond donors (Lipinski definition) is 2. The summed E-state index contributed by atoms with van der Waals surface area (Å²) in [7, 11) is 0. The van der Waals surface area contributed by atoms with Crippen LogP contribution in [0.15, 0.2) is 30.3 Å². The first-order valence-electron chi connectivity index (χ1n) is 8.92. The summed E-state index contributed by atoms with van der Waals surface area (Å²) in [6.45, 7) is 0. The SMILES string of the molecule is O=C(O)C1CC2CCCCC2N1C(=O)c1cc(-c2ccccc2Cl)n[nH]1. The van der Waals surface area contributed by atoms with Gasteiger partial charge in [0.25, 0.3) is 5.91 Å². The van der Waals surface area contributed by atoms with Crippen LogP contribution >= 0.6 is 11.6 Å². The molecule has 1 aliphatic carbocycles. The Balaban J connectivity index is 1.64. The third-order valence-electron chi connectivity index (χ3n) is 5.57. The number of fused-ring (bicyclic) bond motifs is 1. The van der Waals surface area contributed by atoms with Crippen LogP contribution in [-0.2, 0) is 4.79 Å². The number of aliphatic carboxylic acids is 1. The molecule has 3 unspecified atom stereocenters. The molecule has 0 spiro atoms. The number of carboxylic acid groups (broad SMARTS) is 1. The zero-order valence-corrected chi connectivity index (χ0v) is 14.9. The molecule has 2 aromatic rings. The van der Waals surface area contributed by atoms with E-state index in [-0.39, 0.29) is 17.9 Å². The topological polar surface area (TPSA) is 86.3 Å². The van der Waals surface area contributed by atoms with E-state index < -0.39 is 12.0 Å². The normalized spacial score (nSPS) is 25.1. The van der Waals surface area contributed by atoms with Crippen molar-refractivity contribution in [1.29, 1.82) is 0 Å². The Morgan fingerprint density at radius 1 is 1.23 bits per heavy atom. The Morgan fingerprint density at radius 2 is 2.00 bits per heavy atom. The van der Waals surface area contributed by atoms with Gasteiger partial charge in [0.05, 0.1) is 10.7 Å². The first-order valence-corrected chi connectivity index (χ1v) is 9.30. The Kier molecular flexibility index (Phi) is 4.44. The van der Waals surface area contributed by atoms with Crippen LogP contribution < -0.4 is 0 Å². The van der Waals surface area contributed by atoms with Gasteiger partial charge in [0.2, 0.25) is 0 Å². The van der Waals surface area contributed by atoms with Crippen molar-refractivity contribution in [2.45, 2.75) is 44.2 Å². The molecule has 0 bridgehead atoms. The number of hydrogen-bond acceptors (Lipinski definition) is 3. The molecule has 2 heterocycles. The molecule has 6 nitrogen and oxygen atoms in total. The second-order valence-corrected chi connectivity index (χ2v) is 7.47. The lowest BCUT2D eigenvalue weighted by atomic mass is 9.84.